The lowest BCUT2D eigenvalue weighted by atomic mass is 10.1. The van der Waals surface area contributed by atoms with Gasteiger partial charge in [0.1, 0.15) is 0 Å². The number of aromatic amines is 2. The van der Waals surface area contributed by atoms with Crippen LogP contribution in [-0.2, 0) is 0 Å². The summed E-state index contributed by atoms with van der Waals surface area (Å²) in [5.74, 6) is 0.118. The van der Waals surface area contributed by atoms with Gasteiger partial charge in [0.05, 0.1) is 0 Å². The normalized spacial score (nSPS) is 10.5. The van der Waals surface area contributed by atoms with Crippen LogP contribution in [0.1, 0.15) is 50.5 Å². The van der Waals surface area contributed by atoms with E-state index in [2.05, 4.69) is 9.97 Å². The Morgan fingerprint density at radius 1 is 0.815 bits per heavy atom. The third-order valence-electron chi connectivity index (χ3n) is 4.54. The van der Waals surface area contributed by atoms with Gasteiger partial charge in [0.15, 0.2) is 17.9 Å². The lowest BCUT2D eigenvalue weighted by molar-refractivity contribution is 0.100. The molecule has 0 spiro atoms. The lowest BCUT2D eigenvalue weighted by Gasteiger charge is -1.96. The molecule has 2 heterocycles. The molecule has 2 aromatic carbocycles. The molecule has 5 nitrogen and oxygen atoms in total. The number of aldehydes is 1. The number of ketones is 2. The van der Waals surface area contributed by atoms with E-state index in [9.17, 15) is 14.4 Å². The third-order valence-corrected chi connectivity index (χ3v) is 4.54. The maximum Gasteiger partial charge on any atom is 0.159 e. The van der Waals surface area contributed by atoms with Crippen LogP contribution < -0.4 is 0 Å². The van der Waals surface area contributed by atoms with Gasteiger partial charge in [-0.25, -0.2) is 0 Å². The summed E-state index contributed by atoms with van der Waals surface area (Å²) >= 11 is 0. The highest BCUT2D eigenvalue weighted by Crippen LogP contribution is 2.19. The zero-order valence-electron chi connectivity index (χ0n) is 15.4. The van der Waals surface area contributed by atoms with Gasteiger partial charge in [-0.05, 0) is 62.7 Å². The summed E-state index contributed by atoms with van der Waals surface area (Å²) < 4.78 is 0. The summed E-state index contributed by atoms with van der Waals surface area (Å²) in [4.78, 5) is 39.0. The Morgan fingerprint density at radius 3 is 1.89 bits per heavy atom. The highest BCUT2D eigenvalue weighted by Gasteiger charge is 2.05. The quantitative estimate of drug-likeness (QED) is 0.404. The fraction of sp³-hybridized carbons (Fsp3) is 0.136. The number of carbonyl (C=O) groups is 3. The van der Waals surface area contributed by atoms with E-state index in [1.807, 2.05) is 31.3 Å². The van der Waals surface area contributed by atoms with Gasteiger partial charge in [-0.15, -0.1) is 0 Å². The Balaban J connectivity index is 0.000000156. The number of carbonyl (C=O) groups excluding carboxylic acids is 3. The first-order chi connectivity index (χ1) is 12.9. The van der Waals surface area contributed by atoms with Crippen molar-refractivity contribution in [2.75, 3.05) is 0 Å². The Bertz CT molecular complexity index is 1160. The topological polar surface area (TPSA) is 82.8 Å². The summed E-state index contributed by atoms with van der Waals surface area (Å²) in [6.07, 6.45) is 4.37. The van der Waals surface area contributed by atoms with Crippen molar-refractivity contribution in [1.29, 1.82) is 0 Å². The highest BCUT2D eigenvalue weighted by atomic mass is 16.1. The van der Waals surface area contributed by atoms with Crippen LogP contribution in [0.15, 0.2) is 48.8 Å². The van der Waals surface area contributed by atoms with Gasteiger partial charge in [-0.1, -0.05) is 0 Å². The van der Waals surface area contributed by atoms with Crippen molar-refractivity contribution < 1.29 is 14.4 Å². The van der Waals surface area contributed by atoms with Crippen LogP contribution in [0.3, 0.4) is 0 Å². The number of benzene rings is 2. The lowest BCUT2D eigenvalue weighted by Crippen LogP contribution is -1.90. The Hall–Kier alpha value is -3.47. The van der Waals surface area contributed by atoms with Crippen LogP contribution in [0.4, 0.5) is 0 Å². The molecule has 0 aliphatic rings. The van der Waals surface area contributed by atoms with Crippen LogP contribution in [-0.4, -0.2) is 27.8 Å². The molecule has 0 bridgehead atoms. The first kappa shape index (κ1) is 18.3. The molecule has 136 valence electrons. The predicted molar refractivity (Wildman–Crippen MR) is 107 cm³/mol. The number of rotatable bonds is 3. The number of hydrogen-bond acceptors (Lipinski definition) is 3. The molecule has 27 heavy (non-hydrogen) atoms. The Kier molecular flexibility index (Phi) is 5.03. The molecule has 4 rings (SSSR count). The average molecular weight is 360 g/mol. The smallest absolute Gasteiger partial charge is 0.159 e. The summed E-state index contributed by atoms with van der Waals surface area (Å²) in [6, 6.07) is 11.0. The standard InChI is InChI=1S/C11H9NO2.C11H11NO/c1-7(14)8-2-3-11-10(4-8)9(6-13)5-12-11;1-7-6-12-11-4-3-9(8(2)13)5-10(7)11/h2-6,12H,1H3;3-6,12H,1-2H3. The number of nitrogens with one attached hydrogen (secondary N) is 2. The monoisotopic (exact) mass is 360 g/mol. The maximum absolute atomic E-state index is 11.1. The first-order valence-corrected chi connectivity index (χ1v) is 8.56. The van der Waals surface area contributed by atoms with E-state index in [0.717, 1.165) is 33.7 Å². The van der Waals surface area contributed by atoms with E-state index in [1.54, 1.807) is 31.3 Å². The van der Waals surface area contributed by atoms with Gasteiger partial charge in [-0.3, -0.25) is 14.4 Å². The second-order valence-electron chi connectivity index (χ2n) is 6.47. The van der Waals surface area contributed by atoms with E-state index in [0.29, 0.717) is 11.1 Å². The minimum absolute atomic E-state index is 0.00458. The van der Waals surface area contributed by atoms with Gasteiger partial charge in [0.2, 0.25) is 0 Å². The Labute approximate surface area is 156 Å². The van der Waals surface area contributed by atoms with Crippen LogP contribution in [0, 0.1) is 6.92 Å². The molecule has 0 amide bonds. The van der Waals surface area contributed by atoms with Crippen molar-refractivity contribution in [2.24, 2.45) is 0 Å². The molecule has 0 saturated heterocycles. The maximum atomic E-state index is 11.1. The van der Waals surface area contributed by atoms with Gasteiger partial charge in [0, 0.05) is 50.9 Å². The molecule has 4 aromatic rings. The molecule has 2 aromatic heterocycles. The van der Waals surface area contributed by atoms with Crippen LogP contribution in [0.25, 0.3) is 21.8 Å². The van der Waals surface area contributed by atoms with Gasteiger partial charge < -0.3 is 9.97 Å². The van der Waals surface area contributed by atoms with E-state index < -0.39 is 0 Å². The molecule has 0 radical (unpaired) electrons. The minimum atomic E-state index is 0.00458. The van der Waals surface area contributed by atoms with E-state index in [4.69, 9.17) is 0 Å². The zero-order chi connectivity index (χ0) is 19.6. The van der Waals surface area contributed by atoms with Crippen molar-refractivity contribution in [3.63, 3.8) is 0 Å². The number of aromatic nitrogens is 2. The van der Waals surface area contributed by atoms with Crippen molar-refractivity contribution in [3.8, 4) is 0 Å². The van der Waals surface area contributed by atoms with E-state index >= 15 is 0 Å². The van der Waals surface area contributed by atoms with Gasteiger partial charge >= 0.3 is 0 Å². The molecule has 0 aliphatic carbocycles. The SMILES string of the molecule is CC(=O)c1ccc2[nH]cc(C)c2c1.CC(=O)c1ccc2[nH]cc(C=O)c2c1. The number of aryl methyl sites for hydroxylation is 1. The molecule has 0 atom stereocenters. The summed E-state index contributed by atoms with van der Waals surface area (Å²) in [6.45, 7) is 5.13. The second kappa shape index (κ2) is 7.41. The van der Waals surface area contributed by atoms with E-state index in [-0.39, 0.29) is 11.6 Å². The third kappa shape index (κ3) is 3.72. The Morgan fingerprint density at radius 2 is 1.33 bits per heavy atom. The van der Waals surface area contributed by atoms with Crippen LogP contribution >= 0.6 is 0 Å². The van der Waals surface area contributed by atoms with Crippen LogP contribution in [0.5, 0.6) is 0 Å². The largest absolute Gasteiger partial charge is 0.361 e. The molecule has 0 saturated carbocycles. The minimum Gasteiger partial charge on any atom is -0.361 e. The fourth-order valence-corrected chi connectivity index (χ4v) is 2.94. The average Bonchev–Trinajstić information content (AvgIpc) is 3.24. The number of Topliss-reactive ketones (excluding diaryl/α,β-unsaturated/α-hetero) is 2. The molecule has 2 N–H and O–H groups in total. The van der Waals surface area contributed by atoms with Crippen LogP contribution in [0.2, 0.25) is 0 Å². The molecule has 5 heteroatoms. The number of H-pyrrole nitrogens is 2. The summed E-state index contributed by atoms with van der Waals surface area (Å²) in [5, 5.41) is 1.93. The summed E-state index contributed by atoms with van der Waals surface area (Å²) in [5.41, 5.74) is 5.12. The number of hydrogen-bond donors (Lipinski definition) is 2. The summed E-state index contributed by atoms with van der Waals surface area (Å²) in [7, 11) is 0. The number of fused-ring (bicyclic) bond motifs is 2. The van der Waals surface area contributed by atoms with Gasteiger partial charge in [-0.2, -0.15) is 0 Å². The molecular weight excluding hydrogens is 340 g/mol. The fourth-order valence-electron chi connectivity index (χ4n) is 2.94. The first-order valence-electron chi connectivity index (χ1n) is 8.56. The predicted octanol–water partition coefficient (Wildman–Crippen LogP) is 4.86. The van der Waals surface area contributed by atoms with Gasteiger partial charge in [0.25, 0.3) is 0 Å². The van der Waals surface area contributed by atoms with E-state index in [1.165, 1.54) is 12.5 Å². The molecule has 0 unspecified atom stereocenters. The zero-order valence-corrected chi connectivity index (χ0v) is 15.4. The highest BCUT2D eigenvalue weighted by molar-refractivity contribution is 6.03. The van der Waals surface area contributed by atoms with Crippen molar-refractivity contribution >= 4 is 39.7 Å². The van der Waals surface area contributed by atoms with Crippen molar-refractivity contribution in [2.45, 2.75) is 20.8 Å². The van der Waals surface area contributed by atoms with Crippen molar-refractivity contribution in [1.82, 2.24) is 9.97 Å². The second-order valence-corrected chi connectivity index (χ2v) is 6.47. The molecular formula is C22H20N2O3. The molecule has 0 fully saturated rings. The van der Waals surface area contributed by atoms with Crippen molar-refractivity contribution in [3.05, 3.63) is 71.0 Å². The molecule has 0 aliphatic heterocycles.